The summed E-state index contributed by atoms with van der Waals surface area (Å²) in [5.74, 6) is 1.19. The molecule has 1 atom stereocenters. The number of hydrogen-bond donors (Lipinski definition) is 1. The second-order valence-corrected chi connectivity index (χ2v) is 6.84. The van der Waals surface area contributed by atoms with Gasteiger partial charge in [0.25, 0.3) is 0 Å². The first-order valence-corrected chi connectivity index (χ1v) is 9.53. The molecule has 1 saturated heterocycles. The van der Waals surface area contributed by atoms with Gasteiger partial charge >= 0.3 is 0 Å². The molecule has 154 valence electrons. The van der Waals surface area contributed by atoms with Gasteiger partial charge in [0.15, 0.2) is 11.5 Å². The van der Waals surface area contributed by atoms with Gasteiger partial charge in [0, 0.05) is 30.4 Å². The third kappa shape index (κ3) is 4.45. The summed E-state index contributed by atoms with van der Waals surface area (Å²) in [5.41, 5.74) is 2.25. The van der Waals surface area contributed by atoms with Crippen molar-refractivity contribution in [3.05, 3.63) is 42.0 Å². The minimum absolute atomic E-state index is 0.0710. The highest BCUT2D eigenvalue weighted by atomic mass is 16.5. The smallest absolute Gasteiger partial charge is 0.229 e. The summed E-state index contributed by atoms with van der Waals surface area (Å²) in [6.07, 6.45) is 0.172. The average Bonchev–Trinajstić information content (AvgIpc) is 3.11. The minimum Gasteiger partial charge on any atom is -0.494 e. The van der Waals surface area contributed by atoms with E-state index in [1.54, 1.807) is 31.3 Å². The molecule has 1 aliphatic heterocycles. The molecule has 1 fully saturated rings. The van der Waals surface area contributed by atoms with Gasteiger partial charge in [-0.2, -0.15) is 0 Å². The number of ether oxygens (including phenoxy) is 3. The Bertz CT molecular complexity index is 895. The molecule has 2 amide bonds. The molecule has 0 radical (unpaired) electrons. The van der Waals surface area contributed by atoms with Crippen molar-refractivity contribution in [2.75, 3.05) is 37.6 Å². The van der Waals surface area contributed by atoms with Gasteiger partial charge in [0.1, 0.15) is 5.75 Å². The SMILES string of the molecule is CCOc1ccc(N2C[C@H](C(=O)Nc3cc(OC)c(OC)cc3C)CC2=O)cc1. The van der Waals surface area contributed by atoms with E-state index in [-0.39, 0.29) is 18.2 Å². The summed E-state index contributed by atoms with van der Waals surface area (Å²) in [4.78, 5) is 26.9. The van der Waals surface area contributed by atoms with Crippen molar-refractivity contribution in [2.45, 2.75) is 20.3 Å². The van der Waals surface area contributed by atoms with Crippen molar-refractivity contribution in [3.63, 3.8) is 0 Å². The zero-order valence-corrected chi connectivity index (χ0v) is 17.2. The highest BCUT2D eigenvalue weighted by Crippen LogP contribution is 2.34. The van der Waals surface area contributed by atoms with Crippen molar-refractivity contribution in [1.29, 1.82) is 0 Å². The summed E-state index contributed by atoms with van der Waals surface area (Å²) in [6.45, 7) is 4.72. The van der Waals surface area contributed by atoms with Crippen LogP contribution in [-0.4, -0.2) is 39.2 Å². The summed E-state index contributed by atoms with van der Waals surface area (Å²) < 4.78 is 16.0. The number of benzene rings is 2. The van der Waals surface area contributed by atoms with E-state index < -0.39 is 5.92 Å². The Labute approximate surface area is 170 Å². The number of nitrogens with zero attached hydrogens (tertiary/aromatic N) is 1. The summed E-state index contributed by atoms with van der Waals surface area (Å²) >= 11 is 0. The zero-order chi connectivity index (χ0) is 21.0. The van der Waals surface area contributed by atoms with Crippen molar-refractivity contribution >= 4 is 23.2 Å². The standard InChI is InChI=1S/C22H26N2O5/c1-5-29-17-8-6-16(7-9-17)24-13-15(11-21(24)25)22(26)23-18-12-20(28-4)19(27-3)10-14(18)2/h6-10,12,15H,5,11,13H2,1-4H3,(H,23,26)/t15-/m1/s1. The quantitative estimate of drug-likeness (QED) is 0.774. The molecule has 1 aliphatic rings. The number of hydrogen-bond acceptors (Lipinski definition) is 5. The van der Waals surface area contributed by atoms with Gasteiger partial charge in [-0.3, -0.25) is 9.59 Å². The number of nitrogens with one attached hydrogen (secondary N) is 1. The molecule has 0 spiro atoms. The van der Waals surface area contributed by atoms with Crippen LogP contribution in [0, 0.1) is 12.8 Å². The Morgan fingerprint density at radius 1 is 1.14 bits per heavy atom. The van der Waals surface area contributed by atoms with Gasteiger partial charge in [-0.1, -0.05) is 0 Å². The van der Waals surface area contributed by atoms with E-state index in [1.165, 1.54) is 0 Å². The zero-order valence-electron chi connectivity index (χ0n) is 17.2. The third-order valence-corrected chi connectivity index (χ3v) is 4.94. The van der Waals surface area contributed by atoms with Crippen LogP contribution in [0.2, 0.25) is 0 Å². The second-order valence-electron chi connectivity index (χ2n) is 6.84. The molecule has 29 heavy (non-hydrogen) atoms. The first kappa shape index (κ1) is 20.5. The first-order valence-electron chi connectivity index (χ1n) is 9.53. The highest BCUT2D eigenvalue weighted by molar-refractivity contribution is 6.03. The van der Waals surface area contributed by atoms with Crippen molar-refractivity contribution in [3.8, 4) is 17.2 Å². The van der Waals surface area contributed by atoms with Gasteiger partial charge in [0.05, 0.1) is 26.7 Å². The van der Waals surface area contributed by atoms with Crippen LogP contribution in [0.1, 0.15) is 18.9 Å². The number of anilines is 2. The van der Waals surface area contributed by atoms with E-state index >= 15 is 0 Å². The topological polar surface area (TPSA) is 77.1 Å². The number of carbonyl (C=O) groups excluding carboxylic acids is 2. The van der Waals surface area contributed by atoms with Gasteiger partial charge < -0.3 is 24.4 Å². The first-order chi connectivity index (χ1) is 14.0. The van der Waals surface area contributed by atoms with E-state index in [0.29, 0.717) is 30.3 Å². The molecule has 0 saturated carbocycles. The highest BCUT2D eigenvalue weighted by Gasteiger charge is 2.35. The number of amides is 2. The Morgan fingerprint density at radius 3 is 2.41 bits per heavy atom. The molecule has 0 aliphatic carbocycles. The van der Waals surface area contributed by atoms with Crippen LogP contribution in [0.4, 0.5) is 11.4 Å². The molecule has 0 unspecified atom stereocenters. The van der Waals surface area contributed by atoms with Crippen molar-refractivity contribution in [2.24, 2.45) is 5.92 Å². The normalized spacial score (nSPS) is 15.9. The minimum atomic E-state index is -0.429. The summed E-state index contributed by atoms with van der Waals surface area (Å²) in [7, 11) is 3.11. The van der Waals surface area contributed by atoms with Crippen LogP contribution in [0.25, 0.3) is 0 Å². The van der Waals surface area contributed by atoms with Crippen LogP contribution < -0.4 is 24.4 Å². The molecule has 7 heteroatoms. The predicted molar refractivity (Wildman–Crippen MR) is 111 cm³/mol. The summed E-state index contributed by atoms with van der Waals surface area (Å²) in [6, 6.07) is 10.9. The maximum absolute atomic E-state index is 12.8. The molecular weight excluding hydrogens is 372 g/mol. The fraction of sp³-hybridized carbons (Fsp3) is 0.364. The van der Waals surface area contributed by atoms with E-state index in [1.807, 2.05) is 38.1 Å². The lowest BCUT2D eigenvalue weighted by Crippen LogP contribution is -2.28. The fourth-order valence-electron chi connectivity index (χ4n) is 3.37. The Morgan fingerprint density at radius 2 is 1.79 bits per heavy atom. The Hall–Kier alpha value is -3.22. The largest absolute Gasteiger partial charge is 0.494 e. The molecule has 7 nitrogen and oxygen atoms in total. The molecule has 2 aromatic carbocycles. The Kier molecular flexibility index (Phi) is 6.26. The fourth-order valence-corrected chi connectivity index (χ4v) is 3.37. The lowest BCUT2D eigenvalue weighted by Gasteiger charge is -2.18. The Balaban J connectivity index is 1.70. The predicted octanol–water partition coefficient (Wildman–Crippen LogP) is 3.40. The van der Waals surface area contributed by atoms with Crippen LogP contribution in [0.3, 0.4) is 0 Å². The molecule has 3 rings (SSSR count). The van der Waals surface area contributed by atoms with Gasteiger partial charge in [-0.15, -0.1) is 0 Å². The number of rotatable bonds is 7. The van der Waals surface area contributed by atoms with Gasteiger partial charge in [-0.25, -0.2) is 0 Å². The summed E-state index contributed by atoms with van der Waals surface area (Å²) in [5, 5.41) is 2.92. The molecule has 1 heterocycles. The number of methoxy groups -OCH3 is 2. The van der Waals surface area contributed by atoms with Crippen LogP contribution in [0.5, 0.6) is 17.2 Å². The van der Waals surface area contributed by atoms with Crippen LogP contribution in [-0.2, 0) is 9.59 Å². The van der Waals surface area contributed by atoms with Crippen LogP contribution >= 0.6 is 0 Å². The third-order valence-electron chi connectivity index (χ3n) is 4.94. The van der Waals surface area contributed by atoms with Crippen molar-refractivity contribution in [1.82, 2.24) is 0 Å². The van der Waals surface area contributed by atoms with E-state index in [2.05, 4.69) is 5.32 Å². The lowest BCUT2D eigenvalue weighted by molar-refractivity contribution is -0.122. The second kappa shape index (κ2) is 8.86. The lowest BCUT2D eigenvalue weighted by atomic mass is 10.1. The number of carbonyl (C=O) groups is 2. The molecular formula is C22H26N2O5. The molecule has 1 N–H and O–H groups in total. The monoisotopic (exact) mass is 398 g/mol. The molecule has 0 bridgehead atoms. The van der Waals surface area contributed by atoms with Crippen LogP contribution in [0.15, 0.2) is 36.4 Å². The van der Waals surface area contributed by atoms with Gasteiger partial charge in [-0.05, 0) is 49.7 Å². The average molecular weight is 398 g/mol. The van der Waals surface area contributed by atoms with E-state index in [0.717, 1.165) is 17.0 Å². The molecule has 2 aromatic rings. The van der Waals surface area contributed by atoms with E-state index in [9.17, 15) is 9.59 Å². The van der Waals surface area contributed by atoms with Gasteiger partial charge in [0.2, 0.25) is 11.8 Å². The van der Waals surface area contributed by atoms with Crippen molar-refractivity contribution < 1.29 is 23.8 Å². The van der Waals surface area contributed by atoms with E-state index in [4.69, 9.17) is 14.2 Å². The molecule has 0 aromatic heterocycles. The maximum Gasteiger partial charge on any atom is 0.229 e. The number of aryl methyl sites for hydroxylation is 1. The maximum atomic E-state index is 12.8.